The van der Waals surface area contributed by atoms with E-state index in [-0.39, 0.29) is 0 Å². The second kappa shape index (κ2) is 6.24. The van der Waals surface area contributed by atoms with Gasteiger partial charge in [-0.25, -0.2) is 0 Å². The van der Waals surface area contributed by atoms with Crippen LogP contribution in [0, 0.1) is 0 Å². The smallest absolute Gasteiger partial charge is 0.0406 e. The fraction of sp³-hybridized carbons (Fsp3) is 0.143. The van der Waals surface area contributed by atoms with E-state index >= 15 is 0 Å². The molecule has 2 rings (SSSR count). The van der Waals surface area contributed by atoms with Gasteiger partial charge < -0.3 is 0 Å². The van der Waals surface area contributed by atoms with Crippen LogP contribution in [0.3, 0.4) is 0 Å². The summed E-state index contributed by atoms with van der Waals surface area (Å²) in [6.07, 6.45) is 4.38. The maximum Gasteiger partial charge on any atom is 0.0406 e. The molecule has 0 nitrogen and oxygen atoms in total. The van der Waals surface area contributed by atoms with Crippen LogP contribution in [0.4, 0.5) is 0 Å². The van der Waals surface area contributed by atoms with Crippen molar-refractivity contribution >= 4 is 44.2 Å². The molecule has 0 saturated heterocycles. The van der Waals surface area contributed by atoms with Gasteiger partial charge in [0.1, 0.15) is 0 Å². The molecule has 0 aromatic carbocycles. The second-order valence-corrected chi connectivity index (χ2v) is 6.34. The maximum atomic E-state index is 2.19. The first-order valence-corrected chi connectivity index (χ1v) is 8.01. The van der Waals surface area contributed by atoms with Crippen LogP contribution in [-0.2, 0) is 0 Å². The van der Waals surface area contributed by atoms with E-state index < -0.39 is 0 Å². The molecule has 2 aromatic rings. The molecule has 17 heavy (non-hydrogen) atoms. The fourth-order valence-electron chi connectivity index (χ4n) is 1.46. The van der Waals surface area contributed by atoms with Gasteiger partial charge in [0, 0.05) is 19.6 Å². The van der Waals surface area contributed by atoms with Crippen molar-refractivity contribution in [3.8, 4) is 0 Å². The average Bonchev–Trinajstić information content (AvgIpc) is 3.03. The van der Waals surface area contributed by atoms with Gasteiger partial charge in [-0.1, -0.05) is 36.0 Å². The van der Waals surface area contributed by atoms with E-state index in [1.54, 1.807) is 22.7 Å². The largest absolute Gasteiger partial charge is 0.143 e. The first-order valence-electron chi connectivity index (χ1n) is 5.43. The molecule has 0 saturated carbocycles. The molecule has 2 aromatic heterocycles. The van der Waals surface area contributed by atoms with Gasteiger partial charge in [0.2, 0.25) is 0 Å². The summed E-state index contributed by atoms with van der Waals surface area (Å²) in [5.41, 5.74) is 0. The molecule has 0 spiro atoms. The summed E-state index contributed by atoms with van der Waals surface area (Å²) in [4.78, 5) is 5.35. The molecule has 0 bridgehead atoms. The Balaban J connectivity index is 2.20. The Morgan fingerprint density at radius 3 is 1.71 bits per heavy atom. The SMILES string of the molecule is C/C=C(\S/C(=C\C)c1cccs1)c1cccs1. The first-order chi connectivity index (χ1) is 8.35. The molecule has 0 atom stereocenters. The predicted molar refractivity (Wildman–Crippen MR) is 83.5 cm³/mol. The highest BCUT2D eigenvalue weighted by molar-refractivity contribution is 8.16. The van der Waals surface area contributed by atoms with Crippen molar-refractivity contribution in [3.05, 3.63) is 56.9 Å². The zero-order chi connectivity index (χ0) is 12.1. The number of allylic oxidation sites excluding steroid dienone is 2. The van der Waals surface area contributed by atoms with Crippen LogP contribution in [0.5, 0.6) is 0 Å². The lowest BCUT2D eigenvalue weighted by atomic mass is 10.4. The van der Waals surface area contributed by atoms with E-state index in [0.717, 1.165) is 0 Å². The average molecular weight is 278 g/mol. The van der Waals surface area contributed by atoms with Gasteiger partial charge in [0.15, 0.2) is 0 Å². The summed E-state index contributed by atoms with van der Waals surface area (Å²) >= 11 is 5.43. The topological polar surface area (TPSA) is 0 Å². The summed E-state index contributed by atoms with van der Waals surface area (Å²) in [5, 5.41) is 4.25. The Kier molecular flexibility index (Phi) is 4.66. The Hall–Kier alpha value is -0.770. The van der Waals surface area contributed by atoms with Crippen molar-refractivity contribution in [3.63, 3.8) is 0 Å². The van der Waals surface area contributed by atoms with Crippen LogP contribution in [0.15, 0.2) is 47.2 Å². The van der Waals surface area contributed by atoms with Crippen LogP contribution < -0.4 is 0 Å². The van der Waals surface area contributed by atoms with Crippen molar-refractivity contribution in [2.24, 2.45) is 0 Å². The fourth-order valence-corrected chi connectivity index (χ4v) is 4.20. The molecule has 0 fully saturated rings. The number of thioether (sulfide) groups is 1. The minimum Gasteiger partial charge on any atom is -0.143 e. The molecular formula is C14H14S3. The Bertz CT molecular complexity index is 453. The Morgan fingerprint density at radius 1 is 0.941 bits per heavy atom. The van der Waals surface area contributed by atoms with Gasteiger partial charge >= 0.3 is 0 Å². The lowest BCUT2D eigenvalue weighted by Gasteiger charge is -2.06. The minimum atomic E-state index is 1.33. The van der Waals surface area contributed by atoms with Gasteiger partial charge in [-0.15, -0.1) is 22.7 Å². The van der Waals surface area contributed by atoms with Crippen molar-refractivity contribution < 1.29 is 0 Å². The zero-order valence-corrected chi connectivity index (χ0v) is 12.3. The molecule has 0 amide bonds. The molecule has 0 radical (unpaired) electrons. The van der Waals surface area contributed by atoms with Gasteiger partial charge in [-0.3, -0.25) is 0 Å². The standard InChI is InChI=1S/C14H14S3/c1-3-11(13-7-5-9-15-13)17-12(4-2)14-8-6-10-16-14/h3-10H,1-2H3/b11-3-,12-4-. The maximum absolute atomic E-state index is 2.19. The van der Waals surface area contributed by atoms with Gasteiger partial charge in [-0.2, -0.15) is 0 Å². The van der Waals surface area contributed by atoms with Gasteiger partial charge in [0.25, 0.3) is 0 Å². The van der Waals surface area contributed by atoms with Gasteiger partial charge in [-0.05, 0) is 36.7 Å². The first kappa shape index (κ1) is 12.7. The monoisotopic (exact) mass is 278 g/mol. The molecule has 3 heteroatoms. The number of hydrogen-bond acceptors (Lipinski definition) is 3. The van der Waals surface area contributed by atoms with Crippen molar-refractivity contribution in [1.82, 2.24) is 0 Å². The Labute approximate surface area is 115 Å². The van der Waals surface area contributed by atoms with Crippen LogP contribution in [-0.4, -0.2) is 0 Å². The van der Waals surface area contributed by atoms with E-state index in [1.807, 2.05) is 11.8 Å². The summed E-state index contributed by atoms with van der Waals surface area (Å²) in [5.74, 6) is 0. The highest BCUT2D eigenvalue weighted by Crippen LogP contribution is 2.41. The van der Waals surface area contributed by atoms with E-state index in [4.69, 9.17) is 0 Å². The number of hydrogen-bond donors (Lipinski definition) is 0. The quantitative estimate of drug-likeness (QED) is 0.664. The predicted octanol–water partition coefficient (Wildman–Crippen LogP) is 5.96. The van der Waals surface area contributed by atoms with Crippen molar-refractivity contribution in [2.45, 2.75) is 13.8 Å². The molecule has 0 aliphatic rings. The van der Waals surface area contributed by atoms with E-state index in [9.17, 15) is 0 Å². The highest BCUT2D eigenvalue weighted by Gasteiger charge is 2.08. The van der Waals surface area contributed by atoms with E-state index in [0.29, 0.717) is 0 Å². The molecule has 0 unspecified atom stereocenters. The van der Waals surface area contributed by atoms with Crippen LogP contribution in [0.25, 0.3) is 9.81 Å². The molecule has 2 heterocycles. The third-order valence-corrected chi connectivity index (χ3v) is 5.69. The van der Waals surface area contributed by atoms with E-state index in [2.05, 4.69) is 61.0 Å². The number of rotatable bonds is 4. The van der Waals surface area contributed by atoms with Gasteiger partial charge in [0.05, 0.1) is 0 Å². The molecule has 0 aliphatic heterocycles. The lowest BCUT2D eigenvalue weighted by molar-refractivity contribution is 1.76. The third-order valence-electron chi connectivity index (χ3n) is 2.27. The van der Waals surface area contributed by atoms with Crippen LogP contribution >= 0.6 is 34.4 Å². The summed E-state index contributed by atoms with van der Waals surface area (Å²) in [6, 6.07) is 8.55. The Morgan fingerprint density at radius 2 is 1.41 bits per heavy atom. The highest BCUT2D eigenvalue weighted by atomic mass is 32.2. The normalized spacial score (nSPS) is 13.1. The van der Waals surface area contributed by atoms with E-state index in [1.165, 1.54) is 19.6 Å². The third kappa shape index (κ3) is 3.12. The van der Waals surface area contributed by atoms with Crippen molar-refractivity contribution in [2.75, 3.05) is 0 Å². The lowest BCUT2D eigenvalue weighted by Crippen LogP contribution is -1.76. The zero-order valence-electron chi connectivity index (χ0n) is 9.84. The molecular weight excluding hydrogens is 264 g/mol. The van der Waals surface area contributed by atoms with Crippen LogP contribution in [0.2, 0.25) is 0 Å². The summed E-state index contributed by atoms with van der Waals surface area (Å²) in [6.45, 7) is 4.20. The summed E-state index contributed by atoms with van der Waals surface area (Å²) < 4.78 is 0. The molecule has 0 N–H and O–H groups in total. The number of thiophene rings is 2. The molecule has 88 valence electrons. The second-order valence-electron chi connectivity index (χ2n) is 3.36. The molecule has 0 aliphatic carbocycles. The van der Waals surface area contributed by atoms with Crippen molar-refractivity contribution in [1.29, 1.82) is 0 Å². The minimum absolute atomic E-state index is 1.33. The van der Waals surface area contributed by atoms with Crippen LogP contribution in [0.1, 0.15) is 23.6 Å². The summed E-state index contributed by atoms with van der Waals surface area (Å²) in [7, 11) is 0.